The fraction of sp³-hybridized carbons (Fsp3) is 0.688. The van der Waals surface area contributed by atoms with Gasteiger partial charge in [-0.15, -0.1) is 0 Å². The monoisotopic (exact) mass is 244 g/mol. The maximum absolute atomic E-state index is 6.43. The van der Waals surface area contributed by atoms with Gasteiger partial charge in [0.2, 0.25) is 0 Å². The van der Waals surface area contributed by atoms with E-state index in [1.165, 1.54) is 62.6 Å². The minimum Gasteiger partial charge on any atom is -0.327 e. The summed E-state index contributed by atoms with van der Waals surface area (Å²) in [6, 6.07) is 4.58. The summed E-state index contributed by atoms with van der Waals surface area (Å²) in [5.41, 5.74) is 9.15. The Morgan fingerprint density at radius 1 is 1.28 bits per heavy atom. The Bertz CT molecular complexity index is 396. The average molecular weight is 244 g/mol. The first-order chi connectivity index (χ1) is 8.84. The number of hydrogen-bond donors (Lipinski definition) is 1. The summed E-state index contributed by atoms with van der Waals surface area (Å²) in [5.74, 6) is 1.48. The summed E-state index contributed by atoms with van der Waals surface area (Å²) < 4.78 is 0. The summed E-state index contributed by atoms with van der Waals surface area (Å²) >= 11 is 0. The summed E-state index contributed by atoms with van der Waals surface area (Å²) in [5, 5.41) is 0. The molecule has 2 unspecified atom stereocenters. The summed E-state index contributed by atoms with van der Waals surface area (Å²) in [6.45, 7) is 0. The lowest BCUT2D eigenvalue weighted by Gasteiger charge is -2.21. The molecule has 2 nitrogen and oxygen atoms in total. The lowest BCUT2D eigenvalue weighted by atomic mass is 9.90. The number of fused-ring (bicyclic) bond motifs is 1. The van der Waals surface area contributed by atoms with E-state index in [4.69, 9.17) is 5.73 Å². The van der Waals surface area contributed by atoms with Crippen molar-refractivity contribution in [2.45, 2.75) is 63.3 Å². The lowest BCUT2D eigenvalue weighted by molar-refractivity contribution is 0.410. The van der Waals surface area contributed by atoms with Gasteiger partial charge in [0.25, 0.3) is 0 Å². The molecule has 1 aromatic rings. The molecule has 1 saturated carbocycles. The quantitative estimate of drug-likeness (QED) is 0.881. The molecule has 0 spiro atoms. The molecule has 0 aromatic carbocycles. The van der Waals surface area contributed by atoms with Gasteiger partial charge in [0.1, 0.15) is 0 Å². The van der Waals surface area contributed by atoms with Crippen LogP contribution in [0.15, 0.2) is 18.3 Å². The van der Waals surface area contributed by atoms with Crippen LogP contribution in [0, 0.1) is 5.92 Å². The smallest absolute Gasteiger partial charge is 0.0482 e. The van der Waals surface area contributed by atoms with E-state index in [9.17, 15) is 0 Å². The highest BCUT2D eigenvalue weighted by molar-refractivity contribution is 5.29. The van der Waals surface area contributed by atoms with Gasteiger partial charge < -0.3 is 5.73 Å². The third kappa shape index (κ3) is 2.44. The SMILES string of the molecule is NC(CCC1CCCC1)C1CCc2cccnc21. The van der Waals surface area contributed by atoms with Gasteiger partial charge in [0, 0.05) is 23.9 Å². The van der Waals surface area contributed by atoms with Crippen LogP contribution >= 0.6 is 0 Å². The molecule has 0 aliphatic heterocycles. The Kier molecular flexibility index (Phi) is 3.64. The van der Waals surface area contributed by atoms with Crippen LogP contribution in [0.25, 0.3) is 0 Å². The molecular weight excluding hydrogens is 220 g/mol. The van der Waals surface area contributed by atoms with Crippen LogP contribution in [-0.4, -0.2) is 11.0 Å². The number of aromatic nitrogens is 1. The molecule has 2 N–H and O–H groups in total. The van der Waals surface area contributed by atoms with E-state index in [-0.39, 0.29) is 0 Å². The van der Waals surface area contributed by atoms with Crippen LogP contribution in [0.2, 0.25) is 0 Å². The molecule has 0 amide bonds. The number of rotatable bonds is 4. The van der Waals surface area contributed by atoms with Crippen molar-refractivity contribution in [3.05, 3.63) is 29.6 Å². The molecule has 0 bridgehead atoms. The van der Waals surface area contributed by atoms with Gasteiger partial charge >= 0.3 is 0 Å². The van der Waals surface area contributed by atoms with E-state index in [2.05, 4.69) is 11.1 Å². The second-order valence-electron chi connectivity index (χ2n) is 6.08. The predicted molar refractivity (Wildman–Crippen MR) is 74.5 cm³/mol. The van der Waals surface area contributed by atoms with Gasteiger partial charge in [-0.2, -0.15) is 0 Å². The topological polar surface area (TPSA) is 38.9 Å². The summed E-state index contributed by atoms with van der Waals surface area (Å²) in [4.78, 5) is 4.56. The van der Waals surface area contributed by atoms with Crippen molar-refractivity contribution in [3.63, 3.8) is 0 Å². The highest BCUT2D eigenvalue weighted by Crippen LogP contribution is 2.36. The van der Waals surface area contributed by atoms with E-state index in [1.54, 1.807) is 0 Å². The number of nitrogens with two attached hydrogens (primary N) is 1. The summed E-state index contributed by atoms with van der Waals surface area (Å²) in [7, 11) is 0. The van der Waals surface area contributed by atoms with Crippen LogP contribution in [0.1, 0.15) is 62.1 Å². The van der Waals surface area contributed by atoms with E-state index in [0.29, 0.717) is 12.0 Å². The largest absolute Gasteiger partial charge is 0.327 e. The average Bonchev–Trinajstić information content (AvgIpc) is 3.05. The molecule has 1 heterocycles. The van der Waals surface area contributed by atoms with Gasteiger partial charge in [0.05, 0.1) is 0 Å². The third-order valence-corrected chi connectivity index (χ3v) is 4.90. The highest BCUT2D eigenvalue weighted by atomic mass is 14.7. The Labute approximate surface area is 110 Å². The van der Waals surface area contributed by atoms with Crippen molar-refractivity contribution in [3.8, 4) is 0 Å². The van der Waals surface area contributed by atoms with Crippen molar-refractivity contribution in [2.75, 3.05) is 0 Å². The number of aryl methyl sites for hydroxylation is 1. The molecule has 2 heteroatoms. The normalized spacial score (nSPS) is 25.3. The second kappa shape index (κ2) is 5.40. The van der Waals surface area contributed by atoms with Gasteiger partial charge in [0.15, 0.2) is 0 Å². The molecule has 18 heavy (non-hydrogen) atoms. The lowest BCUT2D eigenvalue weighted by Crippen LogP contribution is -2.28. The van der Waals surface area contributed by atoms with Gasteiger partial charge in [-0.05, 0) is 43.2 Å². The van der Waals surface area contributed by atoms with E-state index in [1.807, 2.05) is 12.3 Å². The van der Waals surface area contributed by atoms with Crippen LogP contribution in [0.5, 0.6) is 0 Å². The number of nitrogens with zero attached hydrogens (tertiary/aromatic N) is 1. The van der Waals surface area contributed by atoms with Gasteiger partial charge in [-0.3, -0.25) is 4.98 Å². The molecule has 98 valence electrons. The van der Waals surface area contributed by atoms with E-state index in [0.717, 1.165) is 5.92 Å². The molecule has 0 saturated heterocycles. The molecule has 2 aliphatic carbocycles. The van der Waals surface area contributed by atoms with Crippen molar-refractivity contribution in [2.24, 2.45) is 11.7 Å². The van der Waals surface area contributed by atoms with Crippen molar-refractivity contribution in [1.29, 1.82) is 0 Å². The summed E-state index contributed by atoms with van der Waals surface area (Å²) in [6.07, 6.45) is 12.6. The molecule has 2 aliphatic rings. The van der Waals surface area contributed by atoms with Gasteiger partial charge in [-0.25, -0.2) is 0 Å². The highest BCUT2D eigenvalue weighted by Gasteiger charge is 2.29. The zero-order chi connectivity index (χ0) is 12.4. The predicted octanol–water partition coefficient (Wildman–Crippen LogP) is 3.41. The van der Waals surface area contributed by atoms with Crippen LogP contribution in [0.3, 0.4) is 0 Å². The number of pyridine rings is 1. The third-order valence-electron chi connectivity index (χ3n) is 4.90. The minimum absolute atomic E-state index is 0.321. The molecule has 1 aromatic heterocycles. The fourth-order valence-electron chi connectivity index (χ4n) is 3.79. The molecule has 3 rings (SSSR count). The van der Waals surface area contributed by atoms with E-state index >= 15 is 0 Å². The first-order valence-electron chi connectivity index (χ1n) is 7.54. The van der Waals surface area contributed by atoms with Gasteiger partial charge in [-0.1, -0.05) is 31.7 Å². The van der Waals surface area contributed by atoms with Crippen molar-refractivity contribution < 1.29 is 0 Å². The fourth-order valence-corrected chi connectivity index (χ4v) is 3.79. The van der Waals surface area contributed by atoms with Crippen molar-refractivity contribution >= 4 is 0 Å². The maximum Gasteiger partial charge on any atom is 0.0482 e. The minimum atomic E-state index is 0.321. The Hall–Kier alpha value is -0.890. The molecular formula is C16H24N2. The standard InChI is InChI=1S/C16H24N2/c17-15(10-7-12-4-1-2-5-12)14-9-8-13-6-3-11-18-16(13)14/h3,6,11-12,14-15H,1-2,4-5,7-10,17H2. The second-order valence-corrected chi connectivity index (χ2v) is 6.08. The Morgan fingerprint density at radius 3 is 2.94 bits per heavy atom. The maximum atomic E-state index is 6.43. The molecule has 0 radical (unpaired) electrons. The first kappa shape index (κ1) is 12.2. The Morgan fingerprint density at radius 2 is 2.11 bits per heavy atom. The Balaban J connectivity index is 1.58. The zero-order valence-electron chi connectivity index (χ0n) is 11.1. The van der Waals surface area contributed by atoms with Crippen LogP contribution in [0.4, 0.5) is 0 Å². The molecule has 2 atom stereocenters. The van der Waals surface area contributed by atoms with E-state index < -0.39 is 0 Å². The molecule has 1 fully saturated rings. The van der Waals surface area contributed by atoms with Crippen LogP contribution < -0.4 is 5.73 Å². The van der Waals surface area contributed by atoms with Crippen molar-refractivity contribution in [1.82, 2.24) is 4.98 Å². The zero-order valence-corrected chi connectivity index (χ0v) is 11.1. The number of hydrogen-bond acceptors (Lipinski definition) is 2. The first-order valence-corrected chi connectivity index (χ1v) is 7.54. The van der Waals surface area contributed by atoms with Crippen LogP contribution in [-0.2, 0) is 6.42 Å².